The van der Waals surface area contributed by atoms with Gasteiger partial charge in [-0.15, -0.1) is 0 Å². The van der Waals surface area contributed by atoms with Gasteiger partial charge in [-0.2, -0.15) is 11.8 Å². The number of thioether (sulfide) groups is 1. The van der Waals surface area contributed by atoms with Gasteiger partial charge >= 0.3 is 0 Å². The van der Waals surface area contributed by atoms with Crippen molar-refractivity contribution in [3.8, 4) is 0 Å². The van der Waals surface area contributed by atoms with Crippen molar-refractivity contribution in [2.24, 2.45) is 10.9 Å². The van der Waals surface area contributed by atoms with E-state index in [1.165, 1.54) is 38.5 Å². The van der Waals surface area contributed by atoms with Gasteiger partial charge in [-0.05, 0) is 61.4 Å². The second kappa shape index (κ2) is 10.7. The van der Waals surface area contributed by atoms with Gasteiger partial charge in [0, 0.05) is 32.4 Å². The Morgan fingerprint density at radius 2 is 2.20 bits per heavy atom. The summed E-state index contributed by atoms with van der Waals surface area (Å²) in [5.74, 6) is 2.14. The molecule has 2 N–H and O–H groups in total. The Balaban J connectivity index is 1.81. The van der Waals surface area contributed by atoms with Crippen LogP contribution in [0, 0.1) is 11.7 Å². The molecule has 0 aromatic heterocycles. The van der Waals surface area contributed by atoms with Gasteiger partial charge in [-0.3, -0.25) is 4.99 Å². The van der Waals surface area contributed by atoms with Crippen LogP contribution in [0.4, 0.5) is 4.39 Å². The maximum Gasteiger partial charge on any atom is 0.191 e. The minimum Gasteiger partial charge on any atom is -0.356 e. The first-order chi connectivity index (χ1) is 12.2. The summed E-state index contributed by atoms with van der Waals surface area (Å²) in [6, 6.07) is 5.02. The Morgan fingerprint density at radius 1 is 1.36 bits per heavy atom. The van der Waals surface area contributed by atoms with Gasteiger partial charge in [0.2, 0.25) is 0 Å². The van der Waals surface area contributed by atoms with Crippen LogP contribution < -0.4 is 10.6 Å². The summed E-state index contributed by atoms with van der Waals surface area (Å²) >= 11 is 1.70. The molecule has 0 amide bonds. The summed E-state index contributed by atoms with van der Waals surface area (Å²) in [5, 5.41) is 6.80. The largest absolute Gasteiger partial charge is 0.356 e. The zero-order valence-electron chi connectivity index (χ0n) is 15.6. The van der Waals surface area contributed by atoms with E-state index in [2.05, 4.69) is 27.4 Å². The first-order valence-electron chi connectivity index (χ1n) is 9.09. The Bertz CT molecular complexity index is 564. The van der Waals surface area contributed by atoms with E-state index in [4.69, 9.17) is 0 Å². The molecule has 1 unspecified atom stereocenters. The third-order valence-electron chi connectivity index (χ3n) is 4.61. The minimum atomic E-state index is -0.173. The Morgan fingerprint density at radius 3 is 2.92 bits per heavy atom. The first-order valence-corrected chi connectivity index (χ1v) is 10.5. The lowest BCUT2D eigenvalue weighted by Gasteiger charge is -2.17. The monoisotopic (exact) mass is 366 g/mol. The predicted molar refractivity (Wildman–Crippen MR) is 107 cm³/mol. The lowest BCUT2D eigenvalue weighted by Crippen LogP contribution is -2.40. The van der Waals surface area contributed by atoms with Gasteiger partial charge in [-0.25, -0.2) is 4.39 Å². The fourth-order valence-corrected chi connectivity index (χ4v) is 3.88. The van der Waals surface area contributed by atoms with E-state index in [1.54, 1.807) is 24.9 Å². The molecule has 0 spiro atoms. The van der Waals surface area contributed by atoms with E-state index in [-0.39, 0.29) is 5.82 Å². The zero-order valence-corrected chi connectivity index (χ0v) is 16.5. The van der Waals surface area contributed by atoms with Crippen molar-refractivity contribution >= 4 is 17.7 Å². The topological polar surface area (TPSA) is 39.7 Å². The number of nitrogens with zero attached hydrogens (tertiary/aromatic N) is 2. The number of hydrogen-bond donors (Lipinski definition) is 2. The predicted octanol–water partition coefficient (Wildman–Crippen LogP) is 3.09. The van der Waals surface area contributed by atoms with E-state index in [1.807, 2.05) is 12.3 Å². The molecular weight excluding hydrogens is 335 g/mol. The second-order valence-corrected chi connectivity index (χ2v) is 7.47. The highest BCUT2D eigenvalue weighted by Gasteiger charge is 2.21. The quantitative estimate of drug-likeness (QED) is 0.548. The standard InChI is InChI=1S/C19H31FN4S/c1-4-8-24-9-7-15(13-24)11-22-19(21-2)23-12-16-5-6-18(20)10-17(16)14-25-3/h5-6,10,15H,4,7-9,11-14H2,1-3H3,(H2,21,22,23). The number of benzene rings is 1. The van der Waals surface area contributed by atoms with Crippen LogP contribution in [-0.2, 0) is 12.3 Å². The number of halogens is 1. The molecule has 0 bridgehead atoms. The summed E-state index contributed by atoms with van der Waals surface area (Å²) < 4.78 is 13.4. The normalized spacial score (nSPS) is 18.6. The van der Waals surface area contributed by atoms with Gasteiger partial charge in [0.1, 0.15) is 5.82 Å². The molecule has 0 radical (unpaired) electrons. The highest BCUT2D eigenvalue weighted by Crippen LogP contribution is 2.17. The number of rotatable bonds is 8. The van der Waals surface area contributed by atoms with Crippen LogP contribution in [0.2, 0.25) is 0 Å². The van der Waals surface area contributed by atoms with Crippen molar-refractivity contribution in [2.45, 2.75) is 32.1 Å². The molecule has 1 fully saturated rings. The summed E-state index contributed by atoms with van der Waals surface area (Å²) in [5.41, 5.74) is 2.16. The Labute approximate surface area is 155 Å². The van der Waals surface area contributed by atoms with Gasteiger partial charge in [0.25, 0.3) is 0 Å². The van der Waals surface area contributed by atoms with Crippen LogP contribution >= 0.6 is 11.8 Å². The molecule has 4 nitrogen and oxygen atoms in total. The first kappa shape index (κ1) is 20.0. The van der Waals surface area contributed by atoms with Crippen LogP contribution in [0.3, 0.4) is 0 Å². The van der Waals surface area contributed by atoms with E-state index < -0.39 is 0 Å². The molecule has 2 rings (SSSR count). The number of likely N-dealkylation sites (tertiary alicyclic amines) is 1. The molecule has 0 aliphatic carbocycles. The molecule has 0 saturated carbocycles. The molecule has 1 aromatic carbocycles. The highest BCUT2D eigenvalue weighted by atomic mass is 32.2. The lowest BCUT2D eigenvalue weighted by molar-refractivity contribution is 0.324. The van der Waals surface area contributed by atoms with Crippen LogP contribution in [0.25, 0.3) is 0 Å². The van der Waals surface area contributed by atoms with Crippen molar-refractivity contribution in [3.05, 3.63) is 35.1 Å². The second-order valence-electron chi connectivity index (χ2n) is 6.61. The Hall–Kier alpha value is -1.27. The molecule has 1 heterocycles. The molecule has 1 aliphatic heterocycles. The van der Waals surface area contributed by atoms with Crippen LogP contribution in [-0.4, -0.2) is 50.3 Å². The molecule has 25 heavy (non-hydrogen) atoms. The molecular formula is C19H31FN4S. The van der Waals surface area contributed by atoms with Gasteiger partial charge in [0.05, 0.1) is 0 Å². The van der Waals surface area contributed by atoms with Gasteiger partial charge < -0.3 is 15.5 Å². The van der Waals surface area contributed by atoms with E-state index in [0.29, 0.717) is 12.5 Å². The average Bonchev–Trinajstić information content (AvgIpc) is 3.05. The van der Waals surface area contributed by atoms with Crippen molar-refractivity contribution in [1.29, 1.82) is 0 Å². The summed E-state index contributed by atoms with van der Waals surface area (Å²) in [7, 11) is 1.79. The maximum atomic E-state index is 13.4. The SMILES string of the molecule is CCCN1CCC(CNC(=NC)NCc2ccc(F)cc2CSC)C1. The average molecular weight is 367 g/mol. The molecule has 1 aliphatic rings. The summed E-state index contributed by atoms with van der Waals surface area (Å²) in [4.78, 5) is 6.85. The van der Waals surface area contributed by atoms with E-state index >= 15 is 0 Å². The number of hydrogen-bond acceptors (Lipinski definition) is 3. The highest BCUT2D eigenvalue weighted by molar-refractivity contribution is 7.97. The number of nitrogens with one attached hydrogen (secondary N) is 2. The minimum absolute atomic E-state index is 0.173. The maximum absolute atomic E-state index is 13.4. The lowest BCUT2D eigenvalue weighted by atomic mass is 10.1. The number of guanidine groups is 1. The van der Waals surface area contributed by atoms with Crippen LogP contribution in [0.5, 0.6) is 0 Å². The van der Waals surface area contributed by atoms with E-state index in [9.17, 15) is 4.39 Å². The van der Waals surface area contributed by atoms with Crippen molar-refractivity contribution in [2.75, 3.05) is 39.5 Å². The third kappa shape index (κ3) is 6.51. The van der Waals surface area contributed by atoms with Crippen LogP contribution in [0.1, 0.15) is 30.9 Å². The summed E-state index contributed by atoms with van der Waals surface area (Å²) in [6.45, 7) is 7.42. The Kier molecular flexibility index (Phi) is 8.55. The smallest absolute Gasteiger partial charge is 0.191 e. The fraction of sp³-hybridized carbons (Fsp3) is 0.632. The molecule has 1 saturated heterocycles. The molecule has 1 aromatic rings. The molecule has 1 atom stereocenters. The molecule has 140 valence electrons. The summed E-state index contributed by atoms with van der Waals surface area (Å²) in [6.07, 6.45) is 4.51. The van der Waals surface area contributed by atoms with Gasteiger partial charge in [-0.1, -0.05) is 13.0 Å². The van der Waals surface area contributed by atoms with Crippen molar-refractivity contribution in [3.63, 3.8) is 0 Å². The van der Waals surface area contributed by atoms with Crippen molar-refractivity contribution < 1.29 is 4.39 Å². The van der Waals surface area contributed by atoms with Crippen molar-refractivity contribution in [1.82, 2.24) is 15.5 Å². The fourth-order valence-electron chi connectivity index (χ4n) is 3.30. The van der Waals surface area contributed by atoms with Crippen LogP contribution in [0.15, 0.2) is 23.2 Å². The van der Waals surface area contributed by atoms with Gasteiger partial charge in [0.15, 0.2) is 5.96 Å². The number of aliphatic imine (C=N–C) groups is 1. The molecule has 6 heteroatoms. The van der Waals surface area contributed by atoms with E-state index in [0.717, 1.165) is 29.4 Å². The third-order valence-corrected chi connectivity index (χ3v) is 5.21. The zero-order chi connectivity index (χ0) is 18.1.